The van der Waals surface area contributed by atoms with Gasteiger partial charge in [-0.3, -0.25) is 0 Å². The van der Waals surface area contributed by atoms with Gasteiger partial charge in [0.25, 0.3) is 0 Å². The Morgan fingerprint density at radius 3 is 2.29 bits per heavy atom. The van der Waals surface area contributed by atoms with Crippen LogP contribution >= 0.6 is 15.9 Å². The molecule has 2 aromatic rings. The standard InChI is InChI=1S/C21H31BrN2/c1-3-4-5-6-7-8-9-10-11-16-21-23-19-14-12-13-15-20(19)24(21)17-18(2)22/h12-15H,2-11,16-17H2,1H3. The number of fused-ring (bicyclic) bond motifs is 1. The van der Waals surface area contributed by atoms with Gasteiger partial charge in [-0.05, 0) is 18.6 Å². The zero-order valence-corrected chi connectivity index (χ0v) is 16.7. The maximum absolute atomic E-state index is 4.83. The highest BCUT2D eigenvalue weighted by Crippen LogP contribution is 2.20. The second-order valence-corrected chi connectivity index (χ2v) is 7.82. The van der Waals surface area contributed by atoms with Gasteiger partial charge in [-0.2, -0.15) is 0 Å². The quantitative estimate of drug-likeness (QED) is 0.356. The maximum atomic E-state index is 4.83. The predicted molar refractivity (Wildman–Crippen MR) is 109 cm³/mol. The Labute approximate surface area is 155 Å². The molecule has 0 spiro atoms. The minimum atomic E-state index is 0.799. The fourth-order valence-corrected chi connectivity index (χ4v) is 3.51. The zero-order chi connectivity index (χ0) is 17.2. The van der Waals surface area contributed by atoms with Gasteiger partial charge in [0.2, 0.25) is 0 Å². The number of nitrogens with zero attached hydrogens (tertiary/aromatic N) is 2. The number of para-hydroxylation sites is 2. The average Bonchev–Trinajstić information content (AvgIpc) is 2.91. The van der Waals surface area contributed by atoms with Crippen molar-refractivity contribution in [1.82, 2.24) is 9.55 Å². The largest absolute Gasteiger partial charge is 0.323 e. The molecule has 0 aliphatic carbocycles. The second kappa shape index (κ2) is 10.7. The van der Waals surface area contributed by atoms with E-state index in [0.717, 1.165) is 23.0 Å². The SMILES string of the molecule is C=C(Br)Cn1c(CCCCCCCCCCC)nc2ccccc21. The summed E-state index contributed by atoms with van der Waals surface area (Å²) in [5.41, 5.74) is 2.31. The van der Waals surface area contributed by atoms with E-state index in [1.807, 2.05) is 0 Å². The van der Waals surface area contributed by atoms with Crippen molar-refractivity contribution in [3.63, 3.8) is 0 Å². The first-order chi connectivity index (χ1) is 11.7. The molecule has 2 nitrogen and oxygen atoms in total. The first kappa shape index (κ1) is 19.2. The molecule has 0 radical (unpaired) electrons. The van der Waals surface area contributed by atoms with Gasteiger partial charge in [0.15, 0.2) is 0 Å². The van der Waals surface area contributed by atoms with E-state index in [1.54, 1.807) is 0 Å². The van der Waals surface area contributed by atoms with E-state index in [-0.39, 0.29) is 0 Å². The summed E-state index contributed by atoms with van der Waals surface area (Å²) in [6, 6.07) is 8.39. The van der Waals surface area contributed by atoms with Gasteiger partial charge in [-0.1, -0.05) is 92.9 Å². The fraction of sp³-hybridized carbons (Fsp3) is 0.571. The number of imidazole rings is 1. The first-order valence-electron chi connectivity index (χ1n) is 9.49. The molecule has 0 unspecified atom stereocenters. The number of benzene rings is 1. The molecule has 0 aliphatic heterocycles. The van der Waals surface area contributed by atoms with Crippen molar-refractivity contribution >= 4 is 27.0 Å². The Kier molecular flexibility index (Phi) is 8.58. The molecule has 0 aliphatic rings. The van der Waals surface area contributed by atoms with Crippen molar-refractivity contribution in [1.29, 1.82) is 0 Å². The third-order valence-electron chi connectivity index (χ3n) is 4.57. The summed E-state index contributed by atoms with van der Waals surface area (Å²) < 4.78 is 3.30. The molecule has 3 heteroatoms. The second-order valence-electron chi connectivity index (χ2n) is 6.70. The van der Waals surface area contributed by atoms with Crippen molar-refractivity contribution in [3.8, 4) is 0 Å². The van der Waals surface area contributed by atoms with Crippen molar-refractivity contribution in [3.05, 3.63) is 41.2 Å². The number of allylic oxidation sites excluding steroid dienone is 1. The summed E-state index contributed by atoms with van der Waals surface area (Å²) in [5, 5.41) is 0. The van der Waals surface area contributed by atoms with Crippen molar-refractivity contribution in [2.45, 2.75) is 77.7 Å². The van der Waals surface area contributed by atoms with Crippen LogP contribution in [0.25, 0.3) is 11.0 Å². The molecule has 0 fully saturated rings. The minimum absolute atomic E-state index is 0.799. The number of hydrogen-bond donors (Lipinski definition) is 0. The van der Waals surface area contributed by atoms with Crippen molar-refractivity contribution in [2.24, 2.45) is 0 Å². The van der Waals surface area contributed by atoms with Crippen LogP contribution in [0.5, 0.6) is 0 Å². The van der Waals surface area contributed by atoms with Crippen molar-refractivity contribution in [2.75, 3.05) is 0 Å². The van der Waals surface area contributed by atoms with Gasteiger partial charge in [0, 0.05) is 10.9 Å². The van der Waals surface area contributed by atoms with Crippen LogP contribution < -0.4 is 0 Å². The minimum Gasteiger partial charge on any atom is -0.323 e. The van der Waals surface area contributed by atoms with Crippen LogP contribution in [0.2, 0.25) is 0 Å². The molecule has 24 heavy (non-hydrogen) atoms. The van der Waals surface area contributed by atoms with E-state index in [4.69, 9.17) is 4.98 Å². The Balaban J connectivity index is 1.79. The lowest BCUT2D eigenvalue weighted by atomic mass is 10.1. The molecule has 1 aromatic heterocycles. The normalized spacial score (nSPS) is 11.2. The summed E-state index contributed by atoms with van der Waals surface area (Å²) in [7, 11) is 0. The first-order valence-corrected chi connectivity index (χ1v) is 10.3. The maximum Gasteiger partial charge on any atom is 0.110 e. The molecule has 0 amide bonds. The van der Waals surface area contributed by atoms with Crippen LogP contribution in [0, 0.1) is 0 Å². The molecule has 0 saturated heterocycles. The molecular weight excluding hydrogens is 360 g/mol. The zero-order valence-electron chi connectivity index (χ0n) is 15.1. The molecule has 0 bridgehead atoms. The smallest absolute Gasteiger partial charge is 0.110 e. The van der Waals surface area contributed by atoms with Crippen LogP contribution in [0.3, 0.4) is 0 Å². The third kappa shape index (κ3) is 6.08. The molecule has 1 heterocycles. The summed E-state index contributed by atoms with van der Waals surface area (Å²) in [4.78, 5) is 4.83. The van der Waals surface area contributed by atoms with E-state index in [9.17, 15) is 0 Å². The van der Waals surface area contributed by atoms with E-state index < -0.39 is 0 Å². The van der Waals surface area contributed by atoms with E-state index in [1.165, 1.54) is 69.1 Å². The van der Waals surface area contributed by atoms with Gasteiger partial charge in [-0.25, -0.2) is 4.98 Å². The van der Waals surface area contributed by atoms with Gasteiger partial charge >= 0.3 is 0 Å². The molecular formula is C21H31BrN2. The van der Waals surface area contributed by atoms with Crippen LogP contribution in [0.4, 0.5) is 0 Å². The van der Waals surface area contributed by atoms with Gasteiger partial charge in [0.1, 0.15) is 5.82 Å². The summed E-state index contributed by atoms with van der Waals surface area (Å²) >= 11 is 3.50. The number of rotatable bonds is 12. The highest BCUT2D eigenvalue weighted by Gasteiger charge is 2.10. The summed E-state index contributed by atoms with van der Waals surface area (Å²) in [6.45, 7) is 7.07. The fourth-order valence-electron chi connectivity index (χ4n) is 3.26. The Morgan fingerprint density at radius 1 is 1.00 bits per heavy atom. The number of aromatic nitrogens is 2. The number of halogens is 1. The number of unbranched alkanes of at least 4 members (excludes halogenated alkanes) is 8. The number of aryl methyl sites for hydroxylation is 1. The summed E-state index contributed by atoms with van der Waals surface area (Å²) in [6.07, 6.45) is 13.3. The average molecular weight is 391 g/mol. The van der Waals surface area contributed by atoms with Crippen LogP contribution in [0.15, 0.2) is 35.3 Å². The monoisotopic (exact) mass is 390 g/mol. The summed E-state index contributed by atoms with van der Waals surface area (Å²) in [5.74, 6) is 1.19. The highest BCUT2D eigenvalue weighted by atomic mass is 79.9. The Bertz CT molecular complexity index is 630. The lowest BCUT2D eigenvalue weighted by Gasteiger charge is -2.08. The van der Waals surface area contributed by atoms with Crippen LogP contribution in [-0.4, -0.2) is 9.55 Å². The highest BCUT2D eigenvalue weighted by molar-refractivity contribution is 9.11. The third-order valence-corrected chi connectivity index (χ3v) is 4.82. The molecule has 0 atom stereocenters. The van der Waals surface area contributed by atoms with Crippen LogP contribution in [-0.2, 0) is 13.0 Å². The Hall–Kier alpha value is -1.09. The van der Waals surface area contributed by atoms with Crippen LogP contribution in [0.1, 0.15) is 70.5 Å². The predicted octanol–water partition coefficient (Wildman–Crippen LogP) is 7.02. The topological polar surface area (TPSA) is 17.8 Å². The Morgan fingerprint density at radius 2 is 1.62 bits per heavy atom. The lowest BCUT2D eigenvalue weighted by Crippen LogP contribution is -2.04. The molecule has 2 rings (SSSR count). The van der Waals surface area contributed by atoms with Gasteiger partial charge in [0.05, 0.1) is 17.6 Å². The van der Waals surface area contributed by atoms with E-state index in [2.05, 4.69) is 58.3 Å². The molecule has 1 aromatic carbocycles. The van der Waals surface area contributed by atoms with Crippen molar-refractivity contribution < 1.29 is 0 Å². The molecule has 0 N–H and O–H groups in total. The number of hydrogen-bond acceptors (Lipinski definition) is 1. The molecule has 0 saturated carbocycles. The lowest BCUT2D eigenvalue weighted by molar-refractivity contribution is 0.559. The van der Waals surface area contributed by atoms with Gasteiger partial charge < -0.3 is 4.57 Å². The van der Waals surface area contributed by atoms with Gasteiger partial charge in [-0.15, -0.1) is 0 Å². The molecule has 132 valence electrons. The van der Waals surface area contributed by atoms with E-state index >= 15 is 0 Å². The van der Waals surface area contributed by atoms with E-state index in [0.29, 0.717) is 0 Å².